The minimum atomic E-state index is -0.450. The zero-order chi connectivity index (χ0) is 23.1. The molecule has 5 aromatic rings. The molecule has 170 valence electrons. The van der Waals surface area contributed by atoms with Crippen LogP contribution in [0.1, 0.15) is 13.3 Å². The van der Waals surface area contributed by atoms with Crippen molar-refractivity contribution in [1.82, 2.24) is 29.2 Å². The van der Waals surface area contributed by atoms with E-state index < -0.39 is 5.69 Å². The van der Waals surface area contributed by atoms with E-state index in [-0.39, 0.29) is 11.6 Å². The molecule has 2 N–H and O–H groups in total. The van der Waals surface area contributed by atoms with Crippen LogP contribution in [0.25, 0.3) is 38.9 Å². The molecule has 0 amide bonds. The predicted molar refractivity (Wildman–Crippen MR) is 125 cm³/mol. The number of aryl methyl sites for hydroxylation is 2. The lowest BCUT2D eigenvalue weighted by atomic mass is 10.1. The van der Waals surface area contributed by atoms with Gasteiger partial charge in [0, 0.05) is 47.8 Å². The maximum absolute atomic E-state index is 14.2. The van der Waals surface area contributed by atoms with E-state index in [2.05, 4.69) is 22.4 Å². The Morgan fingerprint density at radius 2 is 1.76 bits per heavy atom. The van der Waals surface area contributed by atoms with Gasteiger partial charge >= 0.3 is 5.69 Å². The van der Waals surface area contributed by atoms with Gasteiger partial charge in [0.15, 0.2) is 5.82 Å². The van der Waals surface area contributed by atoms with Crippen LogP contribution in [0, 0.1) is 11.6 Å². The summed E-state index contributed by atoms with van der Waals surface area (Å²) < 4.78 is 33.6. The SMILES string of the molecule is CCNCCCn1cc(-n2c(-c3cn(C)c4ccc(F)cc34)n[nH]c2=O)c2cc(F)ccc21. The van der Waals surface area contributed by atoms with Crippen molar-refractivity contribution in [2.24, 2.45) is 7.05 Å². The molecule has 3 aromatic heterocycles. The number of rotatable bonds is 7. The highest BCUT2D eigenvalue weighted by molar-refractivity contribution is 5.96. The summed E-state index contributed by atoms with van der Waals surface area (Å²) in [5, 5.41) is 11.3. The molecule has 0 aliphatic carbocycles. The van der Waals surface area contributed by atoms with Gasteiger partial charge < -0.3 is 14.5 Å². The number of nitrogens with one attached hydrogen (secondary N) is 2. The number of benzene rings is 2. The molecule has 9 heteroatoms. The molecule has 0 saturated heterocycles. The van der Waals surface area contributed by atoms with Gasteiger partial charge in [0.25, 0.3) is 0 Å². The second-order valence-electron chi connectivity index (χ2n) is 8.08. The fraction of sp³-hybridized carbons (Fsp3) is 0.250. The van der Waals surface area contributed by atoms with Crippen LogP contribution in [0.3, 0.4) is 0 Å². The van der Waals surface area contributed by atoms with Crippen LogP contribution >= 0.6 is 0 Å². The largest absolute Gasteiger partial charge is 0.350 e. The van der Waals surface area contributed by atoms with Gasteiger partial charge in [0.1, 0.15) is 11.6 Å². The van der Waals surface area contributed by atoms with E-state index in [1.807, 2.05) is 28.6 Å². The molecule has 0 fully saturated rings. The molecule has 7 nitrogen and oxygen atoms in total. The van der Waals surface area contributed by atoms with Gasteiger partial charge in [-0.05, 0) is 55.9 Å². The van der Waals surface area contributed by atoms with Crippen molar-refractivity contribution in [3.05, 3.63) is 70.9 Å². The van der Waals surface area contributed by atoms with Gasteiger partial charge in [-0.3, -0.25) is 0 Å². The normalized spacial score (nSPS) is 11.8. The fourth-order valence-electron chi connectivity index (χ4n) is 4.41. The van der Waals surface area contributed by atoms with Crippen LogP contribution in [0.2, 0.25) is 0 Å². The molecule has 0 aliphatic heterocycles. The zero-order valence-electron chi connectivity index (χ0n) is 18.4. The van der Waals surface area contributed by atoms with Gasteiger partial charge in [-0.2, -0.15) is 5.10 Å². The van der Waals surface area contributed by atoms with Crippen LogP contribution in [0.15, 0.2) is 53.6 Å². The summed E-state index contributed by atoms with van der Waals surface area (Å²) in [7, 11) is 1.85. The Labute approximate surface area is 188 Å². The summed E-state index contributed by atoms with van der Waals surface area (Å²) in [5.41, 5.74) is 2.32. The average molecular weight is 450 g/mol. The average Bonchev–Trinajstić information content (AvgIpc) is 3.44. The Bertz CT molecular complexity index is 1520. The maximum Gasteiger partial charge on any atom is 0.348 e. The van der Waals surface area contributed by atoms with Crippen LogP contribution in [0.4, 0.5) is 8.78 Å². The fourth-order valence-corrected chi connectivity index (χ4v) is 4.41. The summed E-state index contributed by atoms with van der Waals surface area (Å²) >= 11 is 0. The molecule has 0 unspecified atom stereocenters. The third kappa shape index (κ3) is 3.64. The molecule has 0 radical (unpaired) electrons. The quantitative estimate of drug-likeness (QED) is 0.369. The van der Waals surface area contributed by atoms with Crippen LogP contribution < -0.4 is 11.0 Å². The Morgan fingerprint density at radius 3 is 2.52 bits per heavy atom. The second kappa shape index (κ2) is 8.32. The molecule has 3 heterocycles. The van der Waals surface area contributed by atoms with Gasteiger partial charge in [0.2, 0.25) is 0 Å². The van der Waals surface area contributed by atoms with Crippen molar-refractivity contribution in [3.63, 3.8) is 0 Å². The van der Waals surface area contributed by atoms with Crippen molar-refractivity contribution in [2.75, 3.05) is 13.1 Å². The molecule has 0 bridgehead atoms. The first-order chi connectivity index (χ1) is 16.0. The smallest absolute Gasteiger partial charge is 0.348 e. The van der Waals surface area contributed by atoms with Gasteiger partial charge in [-0.25, -0.2) is 23.2 Å². The molecule has 2 aromatic carbocycles. The number of aromatic amines is 1. The Hall–Kier alpha value is -3.72. The Kier molecular flexibility index (Phi) is 5.33. The molecular formula is C24H24F2N6O. The lowest BCUT2D eigenvalue weighted by Gasteiger charge is -2.05. The summed E-state index contributed by atoms with van der Waals surface area (Å²) in [5.74, 6) is -0.426. The first-order valence-electron chi connectivity index (χ1n) is 10.9. The Morgan fingerprint density at radius 1 is 1.03 bits per heavy atom. The third-order valence-corrected chi connectivity index (χ3v) is 5.93. The van der Waals surface area contributed by atoms with E-state index in [0.717, 1.165) is 30.5 Å². The van der Waals surface area contributed by atoms with Gasteiger partial charge in [-0.15, -0.1) is 0 Å². The highest BCUT2D eigenvalue weighted by Crippen LogP contribution is 2.32. The van der Waals surface area contributed by atoms with Crippen LogP contribution in [0.5, 0.6) is 0 Å². The minimum absolute atomic E-state index is 0.340. The van der Waals surface area contributed by atoms with Gasteiger partial charge in [-0.1, -0.05) is 6.92 Å². The van der Waals surface area contributed by atoms with Crippen molar-refractivity contribution in [1.29, 1.82) is 0 Å². The summed E-state index contributed by atoms with van der Waals surface area (Å²) in [6, 6.07) is 9.08. The highest BCUT2D eigenvalue weighted by Gasteiger charge is 2.21. The number of halogens is 2. The first kappa shape index (κ1) is 21.1. The van der Waals surface area contributed by atoms with E-state index in [4.69, 9.17) is 0 Å². The summed E-state index contributed by atoms with van der Waals surface area (Å²) in [6.45, 7) is 4.50. The maximum atomic E-state index is 14.2. The van der Waals surface area contributed by atoms with Crippen molar-refractivity contribution in [2.45, 2.75) is 19.9 Å². The highest BCUT2D eigenvalue weighted by atomic mass is 19.1. The number of nitrogens with zero attached hydrogens (tertiary/aromatic N) is 4. The lowest BCUT2D eigenvalue weighted by Crippen LogP contribution is -2.16. The van der Waals surface area contributed by atoms with Crippen LogP contribution in [-0.2, 0) is 13.6 Å². The van der Waals surface area contributed by atoms with E-state index >= 15 is 0 Å². The molecule has 5 rings (SSSR count). The molecule has 0 atom stereocenters. The van der Waals surface area contributed by atoms with E-state index in [9.17, 15) is 13.6 Å². The first-order valence-corrected chi connectivity index (χ1v) is 10.9. The summed E-state index contributed by atoms with van der Waals surface area (Å²) in [4.78, 5) is 12.9. The van der Waals surface area contributed by atoms with E-state index in [1.54, 1.807) is 12.1 Å². The summed E-state index contributed by atoms with van der Waals surface area (Å²) in [6.07, 6.45) is 4.54. The zero-order valence-corrected chi connectivity index (χ0v) is 18.4. The standard InChI is InChI=1S/C24H24F2N6O/c1-3-27-9-4-10-31-14-22(18-12-16(26)6-8-21(18)31)32-23(28-29-24(32)33)19-13-30(2)20-7-5-15(25)11-17(19)20/h5-8,11-14,27H,3-4,9-10H2,1-2H3,(H,29,33). The Balaban J connectivity index is 1.70. The van der Waals surface area contributed by atoms with Crippen LogP contribution in [-0.4, -0.2) is 37.0 Å². The van der Waals surface area contributed by atoms with Gasteiger partial charge in [0.05, 0.1) is 11.2 Å². The van der Waals surface area contributed by atoms with E-state index in [0.29, 0.717) is 34.4 Å². The predicted octanol–water partition coefficient (Wildman–Crippen LogP) is 3.95. The monoisotopic (exact) mass is 450 g/mol. The number of fused-ring (bicyclic) bond motifs is 2. The number of aromatic nitrogens is 5. The molecule has 0 aliphatic rings. The molecular weight excluding hydrogens is 426 g/mol. The van der Waals surface area contributed by atoms with Crippen molar-refractivity contribution >= 4 is 21.8 Å². The number of hydrogen-bond acceptors (Lipinski definition) is 3. The number of H-pyrrole nitrogens is 1. The molecule has 0 spiro atoms. The molecule has 33 heavy (non-hydrogen) atoms. The topological polar surface area (TPSA) is 72.6 Å². The van der Waals surface area contributed by atoms with Crippen molar-refractivity contribution < 1.29 is 8.78 Å². The lowest BCUT2D eigenvalue weighted by molar-refractivity contribution is 0.602. The van der Waals surface area contributed by atoms with Crippen molar-refractivity contribution in [3.8, 4) is 17.1 Å². The second-order valence-corrected chi connectivity index (χ2v) is 8.08. The molecule has 0 saturated carbocycles. The van der Waals surface area contributed by atoms with E-state index in [1.165, 1.54) is 28.8 Å². The minimum Gasteiger partial charge on any atom is -0.350 e. The number of hydrogen-bond donors (Lipinski definition) is 2. The third-order valence-electron chi connectivity index (χ3n) is 5.93.